The number of benzene rings is 1. The van der Waals surface area contributed by atoms with Crippen LogP contribution in [0, 0.1) is 6.92 Å². The van der Waals surface area contributed by atoms with Gasteiger partial charge in [-0.3, -0.25) is 4.79 Å². The Kier molecular flexibility index (Phi) is 9.54. The van der Waals surface area contributed by atoms with E-state index in [0.717, 1.165) is 12.1 Å². The van der Waals surface area contributed by atoms with Gasteiger partial charge in [0.25, 0.3) is 0 Å². The molecular formula is C22H26Cl2N4O5. The number of ether oxygens (including phenoxy) is 2. The summed E-state index contributed by atoms with van der Waals surface area (Å²) in [6, 6.07) is 7.20. The lowest BCUT2D eigenvalue weighted by atomic mass is 10.0. The molecule has 2 aliphatic rings. The van der Waals surface area contributed by atoms with Crippen molar-refractivity contribution in [1.82, 2.24) is 15.3 Å². The molecule has 4 rings (SSSR count). The molecule has 33 heavy (non-hydrogen) atoms. The van der Waals surface area contributed by atoms with Crippen LogP contribution in [-0.4, -0.2) is 72.3 Å². The minimum Gasteiger partial charge on any atom is -0.394 e. The normalized spacial score (nSPS) is 22.1. The number of carbonyl (C=O) groups excluding carboxylic acids is 1. The quantitative estimate of drug-likeness (QED) is 0.586. The summed E-state index contributed by atoms with van der Waals surface area (Å²) >= 11 is 11.5. The van der Waals surface area contributed by atoms with Gasteiger partial charge in [-0.15, -0.1) is 0 Å². The Labute approximate surface area is 202 Å². The lowest BCUT2D eigenvalue weighted by Gasteiger charge is -2.30. The van der Waals surface area contributed by atoms with Crippen LogP contribution >= 0.6 is 23.2 Å². The van der Waals surface area contributed by atoms with Crippen LogP contribution in [0.2, 0.25) is 10.0 Å². The van der Waals surface area contributed by atoms with Crippen molar-refractivity contribution in [2.24, 2.45) is 5.16 Å². The number of aliphatic hydroxyl groups excluding tert-OH is 1. The van der Waals surface area contributed by atoms with E-state index in [4.69, 9.17) is 42.6 Å². The van der Waals surface area contributed by atoms with Crippen LogP contribution in [0.3, 0.4) is 0 Å². The summed E-state index contributed by atoms with van der Waals surface area (Å²) in [5, 5.41) is 17.3. The van der Waals surface area contributed by atoms with Crippen LogP contribution in [0.1, 0.15) is 34.0 Å². The fourth-order valence-corrected chi connectivity index (χ4v) is 3.60. The van der Waals surface area contributed by atoms with E-state index in [2.05, 4.69) is 20.4 Å². The molecule has 9 nitrogen and oxygen atoms in total. The van der Waals surface area contributed by atoms with Gasteiger partial charge in [0.15, 0.2) is 12.4 Å². The van der Waals surface area contributed by atoms with Gasteiger partial charge in [0.05, 0.1) is 35.6 Å². The second-order valence-corrected chi connectivity index (χ2v) is 8.33. The maximum absolute atomic E-state index is 10.9. The van der Waals surface area contributed by atoms with Crippen molar-refractivity contribution in [3.63, 3.8) is 0 Å². The highest BCUT2D eigenvalue weighted by molar-refractivity contribution is 6.42. The third kappa shape index (κ3) is 7.17. The maximum Gasteiger partial charge on any atom is 0.168 e. The number of nitrogens with one attached hydrogen (secondary N) is 1. The van der Waals surface area contributed by atoms with Gasteiger partial charge in [0.1, 0.15) is 29.4 Å². The predicted octanol–water partition coefficient (Wildman–Crippen LogP) is 2.58. The summed E-state index contributed by atoms with van der Waals surface area (Å²) in [7, 11) is 1.89. The topological polar surface area (TPSA) is 115 Å². The smallest absolute Gasteiger partial charge is 0.168 e. The molecule has 2 N–H and O–H groups in total. The molecule has 1 fully saturated rings. The Hall–Kier alpha value is -2.14. The average molecular weight is 497 g/mol. The van der Waals surface area contributed by atoms with Gasteiger partial charge in [-0.25, -0.2) is 9.97 Å². The fourth-order valence-electron chi connectivity index (χ4n) is 3.28. The van der Waals surface area contributed by atoms with Crippen molar-refractivity contribution >= 4 is 35.2 Å². The molecule has 3 atom stereocenters. The molecule has 0 bridgehead atoms. The summed E-state index contributed by atoms with van der Waals surface area (Å²) < 4.78 is 11.1. The van der Waals surface area contributed by atoms with Gasteiger partial charge < -0.3 is 24.7 Å². The van der Waals surface area contributed by atoms with Crippen LogP contribution in [0.25, 0.3) is 0 Å². The maximum atomic E-state index is 10.9. The SMILES string of the molecule is CNCc1ccc(Cl)c(Cl)c1.Cc1nc(C=O)cc(C2=NOC(C3COC(CO)CO3)C2)n1. The van der Waals surface area contributed by atoms with Crippen LogP contribution in [-0.2, 0) is 20.9 Å². The molecule has 11 heteroatoms. The van der Waals surface area contributed by atoms with E-state index in [1.165, 1.54) is 0 Å². The molecule has 178 valence electrons. The third-order valence-corrected chi connectivity index (χ3v) is 5.68. The first-order valence-electron chi connectivity index (χ1n) is 10.4. The molecule has 0 saturated carbocycles. The molecule has 3 heterocycles. The molecule has 0 aliphatic carbocycles. The highest BCUT2D eigenvalue weighted by Crippen LogP contribution is 2.23. The standard InChI is InChI=1S/C14H17N3O5.C8H9Cl2N/c1-8-15-9(4-18)2-11(16-8)12-3-13(22-17-12)14-7-20-10(5-19)6-21-14;1-11-5-6-2-3-7(9)8(10)4-6/h2,4,10,13-14,19H,3,5-7H2,1H3;2-4,11H,5H2,1H3. The van der Waals surface area contributed by atoms with Gasteiger partial charge in [-0.2, -0.15) is 0 Å². The zero-order chi connectivity index (χ0) is 23.8. The number of aldehydes is 1. The van der Waals surface area contributed by atoms with Crippen molar-refractivity contribution in [3.8, 4) is 0 Å². The number of aromatic nitrogens is 2. The Bertz CT molecular complexity index is 983. The zero-order valence-corrected chi connectivity index (χ0v) is 19.8. The van der Waals surface area contributed by atoms with Gasteiger partial charge in [-0.05, 0) is 37.7 Å². The number of hydrogen-bond acceptors (Lipinski definition) is 9. The van der Waals surface area contributed by atoms with E-state index in [-0.39, 0.29) is 24.9 Å². The van der Waals surface area contributed by atoms with E-state index in [0.29, 0.717) is 58.9 Å². The van der Waals surface area contributed by atoms with E-state index < -0.39 is 0 Å². The van der Waals surface area contributed by atoms with Crippen molar-refractivity contribution in [2.75, 3.05) is 26.9 Å². The van der Waals surface area contributed by atoms with Crippen LogP contribution in [0.5, 0.6) is 0 Å². The number of rotatable bonds is 6. The lowest BCUT2D eigenvalue weighted by molar-refractivity contribution is -0.178. The molecule has 1 aromatic heterocycles. The minimum absolute atomic E-state index is 0.0608. The Morgan fingerprint density at radius 2 is 1.97 bits per heavy atom. The van der Waals surface area contributed by atoms with Crippen LogP contribution in [0.15, 0.2) is 29.4 Å². The summed E-state index contributed by atoms with van der Waals surface area (Å²) in [6.07, 6.45) is 0.422. The van der Waals surface area contributed by atoms with E-state index >= 15 is 0 Å². The molecule has 0 amide bonds. The highest BCUT2D eigenvalue weighted by atomic mass is 35.5. The first-order valence-corrected chi connectivity index (χ1v) is 11.2. The van der Waals surface area contributed by atoms with Gasteiger partial charge in [-0.1, -0.05) is 34.4 Å². The van der Waals surface area contributed by atoms with Gasteiger partial charge in [0.2, 0.25) is 0 Å². The predicted molar refractivity (Wildman–Crippen MR) is 124 cm³/mol. The third-order valence-electron chi connectivity index (χ3n) is 4.94. The number of halogens is 2. The fraction of sp³-hybridized carbons (Fsp3) is 0.455. The number of nitrogens with zero attached hydrogens (tertiary/aromatic N) is 3. The van der Waals surface area contributed by atoms with Crippen molar-refractivity contribution in [3.05, 3.63) is 57.1 Å². The molecule has 1 saturated heterocycles. The Morgan fingerprint density at radius 3 is 2.61 bits per heavy atom. The molecule has 2 aliphatic heterocycles. The first kappa shape index (κ1) is 25.5. The number of hydrogen-bond donors (Lipinski definition) is 2. The molecule has 1 aromatic carbocycles. The van der Waals surface area contributed by atoms with E-state index in [1.807, 2.05) is 19.2 Å². The molecule has 2 aromatic rings. The Morgan fingerprint density at radius 1 is 1.15 bits per heavy atom. The van der Waals surface area contributed by atoms with Gasteiger partial charge >= 0.3 is 0 Å². The summed E-state index contributed by atoms with van der Waals surface area (Å²) in [4.78, 5) is 24.6. The number of aliphatic hydroxyl groups is 1. The van der Waals surface area contributed by atoms with E-state index in [1.54, 1.807) is 19.1 Å². The molecule has 0 spiro atoms. The highest BCUT2D eigenvalue weighted by Gasteiger charge is 2.35. The Balaban J connectivity index is 0.000000235. The largest absolute Gasteiger partial charge is 0.394 e. The van der Waals surface area contributed by atoms with Crippen molar-refractivity contribution in [2.45, 2.75) is 38.2 Å². The summed E-state index contributed by atoms with van der Waals surface area (Å²) in [5.74, 6) is 0.508. The van der Waals surface area contributed by atoms with Crippen LogP contribution in [0.4, 0.5) is 0 Å². The van der Waals surface area contributed by atoms with Crippen molar-refractivity contribution < 1.29 is 24.2 Å². The molecular weight excluding hydrogens is 471 g/mol. The zero-order valence-electron chi connectivity index (χ0n) is 18.3. The summed E-state index contributed by atoms with van der Waals surface area (Å²) in [5.41, 5.74) is 2.70. The number of oxime groups is 1. The molecule has 3 unspecified atom stereocenters. The van der Waals surface area contributed by atoms with E-state index in [9.17, 15) is 4.79 Å². The second kappa shape index (κ2) is 12.4. The van der Waals surface area contributed by atoms with Crippen molar-refractivity contribution in [1.29, 1.82) is 0 Å². The summed E-state index contributed by atoms with van der Waals surface area (Å²) in [6.45, 7) is 3.16. The lowest BCUT2D eigenvalue weighted by Crippen LogP contribution is -2.43. The first-order chi connectivity index (χ1) is 15.9. The van der Waals surface area contributed by atoms with Crippen LogP contribution < -0.4 is 5.32 Å². The molecule has 0 radical (unpaired) electrons. The minimum atomic E-state index is -0.280. The second-order valence-electron chi connectivity index (χ2n) is 7.52. The average Bonchev–Trinajstić information content (AvgIpc) is 3.32. The number of carbonyl (C=O) groups is 1. The monoisotopic (exact) mass is 496 g/mol. The van der Waals surface area contributed by atoms with Gasteiger partial charge in [0, 0.05) is 13.0 Å². The number of aryl methyl sites for hydroxylation is 1.